The predicted molar refractivity (Wildman–Crippen MR) is 104 cm³/mol. The molecule has 4 rings (SSSR count). The lowest BCUT2D eigenvalue weighted by atomic mass is 10.0. The lowest BCUT2D eigenvalue weighted by molar-refractivity contribution is 0.324. The Kier molecular flexibility index (Phi) is 4.24. The molecule has 0 bridgehead atoms. The van der Waals surface area contributed by atoms with E-state index in [0.717, 1.165) is 27.6 Å². The van der Waals surface area contributed by atoms with Crippen molar-refractivity contribution < 1.29 is 18.7 Å². The molecule has 2 heterocycles. The third-order valence-electron chi connectivity index (χ3n) is 4.69. The molecule has 0 amide bonds. The van der Waals surface area contributed by atoms with Gasteiger partial charge in [0.15, 0.2) is 17.3 Å². The lowest BCUT2D eigenvalue weighted by Gasteiger charge is -2.14. The molecule has 0 unspecified atom stereocenters. The van der Waals surface area contributed by atoms with E-state index in [1.54, 1.807) is 27.5 Å². The summed E-state index contributed by atoms with van der Waals surface area (Å²) in [4.78, 5) is 0. The van der Waals surface area contributed by atoms with E-state index in [4.69, 9.17) is 18.7 Å². The van der Waals surface area contributed by atoms with Crippen LogP contribution in [0.3, 0.4) is 0 Å². The van der Waals surface area contributed by atoms with Crippen molar-refractivity contribution >= 4 is 10.9 Å². The molecule has 6 nitrogen and oxygen atoms in total. The second kappa shape index (κ2) is 6.72. The molecule has 0 atom stereocenters. The molecule has 0 N–H and O–H groups in total. The maximum absolute atomic E-state index is 5.59. The quantitative estimate of drug-likeness (QED) is 0.521. The van der Waals surface area contributed by atoms with E-state index in [1.807, 2.05) is 31.4 Å². The maximum Gasteiger partial charge on any atom is 0.203 e. The fourth-order valence-electron chi connectivity index (χ4n) is 3.31. The van der Waals surface area contributed by atoms with Gasteiger partial charge in [0.2, 0.25) is 5.75 Å². The molecule has 0 fully saturated rings. The molecule has 0 aliphatic heterocycles. The first-order chi connectivity index (χ1) is 13.2. The summed E-state index contributed by atoms with van der Waals surface area (Å²) in [6, 6.07) is 12.1. The standard InChI is InChI=1S/C21H20N2O4/c1-23-8-7-13-9-14(5-6-17(13)23)20-16(12-22-27-20)15-10-18(24-2)21(26-4)19(11-15)25-3/h5-12H,1-4H3. The van der Waals surface area contributed by atoms with Gasteiger partial charge in [-0.15, -0.1) is 0 Å². The number of rotatable bonds is 5. The van der Waals surface area contributed by atoms with E-state index >= 15 is 0 Å². The first kappa shape index (κ1) is 17.0. The molecule has 0 aliphatic rings. The van der Waals surface area contributed by atoms with E-state index in [2.05, 4.69) is 27.9 Å². The highest BCUT2D eigenvalue weighted by Gasteiger charge is 2.19. The molecule has 0 aliphatic carbocycles. The largest absolute Gasteiger partial charge is 0.493 e. The van der Waals surface area contributed by atoms with E-state index in [1.165, 1.54) is 0 Å². The molecule has 2 aromatic carbocycles. The fourth-order valence-corrected chi connectivity index (χ4v) is 3.31. The van der Waals surface area contributed by atoms with Crippen LogP contribution in [0, 0.1) is 0 Å². The highest BCUT2D eigenvalue weighted by Crippen LogP contribution is 2.43. The molecular formula is C21H20N2O4. The van der Waals surface area contributed by atoms with Crippen LogP contribution < -0.4 is 14.2 Å². The van der Waals surface area contributed by atoms with Crippen LogP contribution in [0.25, 0.3) is 33.4 Å². The van der Waals surface area contributed by atoms with Crippen LogP contribution in [0.15, 0.2) is 53.3 Å². The van der Waals surface area contributed by atoms with Gasteiger partial charge >= 0.3 is 0 Å². The van der Waals surface area contributed by atoms with Crippen molar-refractivity contribution in [1.29, 1.82) is 0 Å². The summed E-state index contributed by atoms with van der Waals surface area (Å²) < 4.78 is 24.0. The Labute approximate surface area is 156 Å². The molecule has 0 saturated heterocycles. The molecule has 27 heavy (non-hydrogen) atoms. The van der Waals surface area contributed by atoms with Crippen LogP contribution in [0.1, 0.15) is 0 Å². The Morgan fingerprint density at radius 1 is 0.889 bits per heavy atom. The number of benzene rings is 2. The molecule has 2 aromatic heterocycles. The fraction of sp³-hybridized carbons (Fsp3) is 0.190. The van der Waals surface area contributed by atoms with Gasteiger partial charge in [-0.2, -0.15) is 0 Å². The maximum atomic E-state index is 5.59. The first-order valence-corrected chi connectivity index (χ1v) is 8.46. The van der Waals surface area contributed by atoms with Crippen molar-refractivity contribution in [3.8, 4) is 39.7 Å². The minimum Gasteiger partial charge on any atom is -0.493 e. The van der Waals surface area contributed by atoms with Gasteiger partial charge in [0, 0.05) is 35.3 Å². The zero-order chi connectivity index (χ0) is 19.0. The van der Waals surface area contributed by atoms with Gasteiger partial charge in [-0.1, -0.05) is 5.16 Å². The molecule has 0 radical (unpaired) electrons. The Morgan fingerprint density at radius 3 is 2.30 bits per heavy atom. The molecule has 6 heteroatoms. The Morgan fingerprint density at radius 2 is 1.63 bits per heavy atom. The van der Waals surface area contributed by atoms with Gasteiger partial charge in [-0.3, -0.25) is 0 Å². The number of methoxy groups -OCH3 is 3. The van der Waals surface area contributed by atoms with Gasteiger partial charge in [0.05, 0.1) is 27.5 Å². The summed E-state index contributed by atoms with van der Waals surface area (Å²) in [5.74, 6) is 2.40. The van der Waals surface area contributed by atoms with Crippen LogP contribution in [0.5, 0.6) is 17.2 Å². The Hall–Kier alpha value is -3.41. The van der Waals surface area contributed by atoms with E-state index in [0.29, 0.717) is 23.0 Å². The van der Waals surface area contributed by atoms with Crippen molar-refractivity contribution in [1.82, 2.24) is 9.72 Å². The summed E-state index contributed by atoms with van der Waals surface area (Å²) in [5, 5.41) is 5.16. The monoisotopic (exact) mass is 364 g/mol. The Balaban J connectivity index is 1.86. The summed E-state index contributed by atoms with van der Waals surface area (Å²) in [6.45, 7) is 0. The van der Waals surface area contributed by atoms with Crippen molar-refractivity contribution in [2.24, 2.45) is 7.05 Å². The van der Waals surface area contributed by atoms with Gasteiger partial charge in [0.1, 0.15) is 0 Å². The molecular weight excluding hydrogens is 344 g/mol. The summed E-state index contributed by atoms with van der Waals surface area (Å²) in [6.07, 6.45) is 3.74. The van der Waals surface area contributed by atoms with Gasteiger partial charge in [0.25, 0.3) is 0 Å². The highest BCUT2D eigenvalue weighted by molar-refractivity contribution is 5.88. The normalized spacial score (nSPS) is 11.0. The van der Waals surface area contributed by atoms with Crippen molar-refractivity contribution in [3.63, 3.8) is 0 Å². The summed E-state index contributed by atoms with van der Waals surface area (Å²) >= 11 is 0. The average molecular weight is 364 g/mol. The van der Waals surface area contributed by atoms with Crippen LogP contribution in [-0.4, -0.2) is 31.1 Å². The van der Waals surface area contributed by atoms with Crippen LogP contribution >= 0.6 is 0 Å². The lowest BCUT2D eigenvalue weighted by Crippen LogP contribution is -1.95. The zero-order valence-corrected chi connectivity index (χ0v) is 15.6. The van der Waals surface area contributed by atoms with E-state index in [-0.39, 0.29) is 0 Å². The number of fused-ring (bicyclic) bond motifs is 1. The number of aryl methyl sites for hydroxylation is 1. The van der Waals surface area contributed by atoms with Gasteiger partial charge < -0.3 is 23.3 Å². The Bertz CT molecular complexity index is 1090. The van der Waals surface area contributed by atoms with Crippen LogP contribution in [0.4, 0.5) is 0 Å². The summed E-state index contributed by atoms with van der Waals surface area (Å²) in [7, 11) is 6.80. The van der Waals surface area contributed by atoms with Gasteiger partial charge in [-0.05, 0) is 42.0 Å². The first-order valence-electron chi connectivity index (χ1n) is 8.46. The number of hydrogen-bond acceptors (Lipinski definition) is 5. The topological polar surface area (TPSA) is 58.7 Å². The SMILES string of the molecule is COc1cc(-c2cnoc2-c2ccc3c(ccn3C)c2)cc(OC)c1OC. The second-order valence-electron chi connectivity index (χ2n) is 6.18. The highest BCUT2D eigenvalue weighted by atomic mass is 16.5. The van der Waals surface area contributed by atoms with Crippen molar-refractivity contribution in [2.45, 2.75) is 0 Å². The average Bonchev–Trinajstić information content (AvgIpc) is 3.33. The number of aromatic nitrogens is 2. The molecule has 138 valence electrons. The number of ether oxygens (including phenoxy) is 3. The third kappa shape index (κ3) is 2.79. The predicted octanol–water partition coefficient (Wildman–Crippen LogP) is 4.53. The number of hydrogen-bond donors (Lipinski definition) is 0. The van der Waals surface area contributed by atoms with E-state index in [9.17, 15) is 0 Å². The zero-order valence-electron chi connectivity index (χ0n) is 15.6. The third-order valence-corrected chi connectivity index (χ3v) is 4.69. The van der Waals surface area contributed by atoms with Gasteiger partial charge in [-0.25, -0.2) is 0 Å². The minimum atomic E-state index is 0.549. The smallest absolute Gasteiger partial charge is 0.203 e. The molecule has 0 spiro atoms. The van der Waals surface area contributed by atoms with Crippen molar-refractivity contribution in [2.75, 3.05) is 21.3 Å². The second-order valence-corrected chi connectivity index (χ2v) is 6.18. The summed E-state index contributed by atoms with van der Waals surface area (Å²) in [5.41, 5.74) is 3.83. The van der Waals surface area contributed by atoms with Crippen LogP contribution in [0.2, 0.25) is 0 Å². The number of nitrogens with zero attached hydrogens (tertiary/aromatic N) is 2. The minimum absolute atomic E-state index is 0.549. The van der Waals surface area contributed by atoms with Crippen molar-refractivity contribution in [3.05, 3.63) is 48.8 Å². The molecule has 0 saturated carbocycles. The molecule has 4 aromatic rings. The van der Waals surface area contributed by atoms with E-state index < -0.39 is 0 Å². The van der Waals surface area contributed by atoms with Crippen LogP contribution in [-0.2, 0) is 7.05 Å².